The smallest absolute Gasteiger partial charge is 0.348 e. The Hall–Kier alpha value is -2.12. The molecule has 0 spiro atoms. The maximum atomic E-state index is 12.4. The molecule has 0 bridgehead atoms. The average molecular weight is 402 g/mol. The number of aromatic nitrogens is 2. The molecule has 1 aliphatic rings. The van der Waals surface area contributed by atoms with Crippen molar-refractivity contribution in [1.82, 2.24) is 9.55 Å². The molecule has 0 atom stereocenters. The second-order valence-corrected chi connectivity index (χ2v) is 8.28. The maximum Gasteiger partial charge on any atom is 0.348 e. The molecular weight excluding hydrogens is 374 g/mol. The minimum Gasteiger partial charge on any atom is -0.396 e. The standard InChI is InChI=1S/C21H27N3O3S/c1-14(2)15-7-9-16(10-8-15)22-19(26)13-28-20-17-5-3-6-18(17)24(11-4-12-25)21(27)23-20/h7-10,14,25H,3-6,11-13H2,1-2H3,(H,22,26). The third-order valence-corrected chi connectivity index (χ3v) is 5.96. The fourth-order valence-electron chi connectivity index (χ4n) is 3.45. The van der Waals surface area contributed by atoms with E-state index in [-0.39, 0.29) is 24.0 Å². The lowest BCUT2D eigenvalue weighted by Crippen LogP contribution is -2.28. The highest BCUT2D eigenvalue weighted by molar-refractivity contribution is 8.00. The van der Waals surface area contributed by atoms with E-state index in [0.29, 0.717) is 23.9 Å². The average Bonchev–Trinajstić information content (AvgIpc) is 3.16. The minimum atomic E-state index is -0.290. The number of thioether (sulfide) groups is 1. The Morgan fingerprint density at radius 1 is 1.29 bits per heavy atom. The predicted octanol–water partition coefficient (Wildman–Crippen LogP) is 2.97. The Kier molecular flexibility index (Phi) is 6.91. The Bertz CT molecular complexity index is 891. The van der Waals surface area contributed by atoms with Gasteiger partial charge in [-0.15, -0.1) is 0 Å². The largest absolute Gasteiger partial charge is 0.396 e. The van der Waals surface area contributed by atoms with Gasteiger partial charge in [0.15, 0.2) is 0 Å². The first-order valence-electron chi connectivity index (χ1n) is 9.75. The molecule has 0 saturated heterocycles. The van der Waals surface area contributed by atoms with Gasteiger partial charge in [-0.3, -0.25) is 9.36 Å². The molecule has 2 aromatic rings. The summed E-state index contributed by atoms with van der Waals surface area (Å²) in [5.74, 6) is 0.555. The number of carbonyl (C=O) groups is 1. The molecule has 0 radical (unpaired) electrons. The lowest BCUT2D eigenvalue weighted by molar-refractivity contribution is -0.113. The van der Waals surface area contributed by atoms with E-state index in [1.807, 2.05) is 24.3 Å². The van der Waals surface area contributed by atoms with Gasteiger partial charge in [0.05, 0.1) is 5.75 Å². The van der Waals surface area contributed by atoms with Gasteiger partial charge in [-0.1, -0.05) is 37.7 Å². The second-order valence-electron chi connectivity index (χ2n) is 7.32. The number of nitrogens with zero attached hydrogens (tertiary/aromatic N) is 2. The van der Waals surface area contributed by atoms with Crippen molar-refractivity contribution >= 4 is 23.4 Å². The molecule has 1 aliphatic carbocycles. The number of nitrogens with one attached hydrogen (secondary N) is 1. The van der Waals surface area contributed by atoms with Crippen LogP contribution in [0.3, 0.4) is 0 Å². The minimum absolute atomic E-state index is 0.0516. The zero-order valence-electron chi connectivity index (χ0n) is 16.4. The van der Waals surface area contributed by atoms with Crippen LogP contribution < -0.4 is 11.0 Å². The van der Waals surface area contributed by atoms with E-state index in [2.05, 4.69) is 24.1 Å². The number of benzene rings is 1. The van der Waals surface area contributed by atoms with E-state index in [1.165, 1.54) is 17.3 Å². The second kappa shape index (κ2) is 9.39. The number of amides is 1. The van der Waals surface area contributed by atoms with Crippen LogP contribution in [0.15, 0.2) is 34.1 Å². The maximum absolute atomic E-state index is 12.4. The third kappa shape index (κ3) is 4.83. The van der Waals surface area contributed by atoms with Crippen molar-refractivity contribution in [3.8, 4) is 0 Å². The van der Waals surface area contributed by atoms with Gasteiger partial charge in [0.1, 0.15) is 5.03 Å². The van der Waals surface area contributed by atoms with Gasteiger partial charge in [0.25, 0.3) is 0 Å². The molecule has 0 saturated carbocycles. The van der Waals surface area contributed by atoms with Gasteiger partial charge in [-0.2, -0.15) is 4.98 Å². The molecule has 1 amide bonds. The lowest BCUT2D eigenvalue weighted by atomic mass is 10.0. The van der Waals surface area contributed by atoms with Crippen molar-refractivity contribution in [2.45, 2.75) is 57.0 Å². The van der Waals surface area contributed by atoms with Crippen LogP contribution in [0.5, 0.6) is 0 Å². The van der Waals surface area contributed by atoms with Crippen molar-refractivity contribution < 1.29 is 9.90 Å². The number of carbonyl (C=O) groups excluding carboxylic acids is 1. The molecule has 2 N–H and O–H groups in total. The quantitative estimate of drug-likeness (QED) is 0.525. The molecule has 7 heteroatoms. The number of aliphatic hydroxyl groups excluding tert-OH is 1. The van der Waals surface area contributed by atoms with Crippen molar-refractivity contribution in [2.75, 3.05) is 17.7 Å². The number of rotatable bonds is 8. The van der Waals surface area contributed by atoms with Crippen molar-refractivity contribution in [3.63, 3.8) is 0 Å². The van der Waals surface area contributed by atoms with Crippen LogP contribution in [-0.4, -0.2) is 32.9 Å². The third-order valence-electron chi connectivity index (χ3n) is 4.94. The van der Waals surface area contributed by atoms with Crippen molar-refractivity contribution in [3.05, 3.63) is 51.6 Å². The molecule has 150 valence electrons. The number of anilines is 1. The Balaban J connectivity index is 1.66. The molecule has 1 heterocycles. The van der Waals surface area contributed by atoms with E-state index < -0.39 is 0 Å². The summed E-state index contributed by atoms with van der Waals surface area (Å²) in [7, 11) is 0. The van der Waals surface area contributed by atoms with E-state index in [4.69, 9.17) is 5.11 Å². The predicted molar refractivity (Wildman–Crippen MR) is 112 cm³/mol. The topological polar surface area (TPSA) is 84.2 Å². The molecule has 6 nitrogen and oxygen atoms in total. The molecule has 1 aromatic carbocycles. The van der Waals surface area contributed by atoms with Crippen LogP contribution in [0.2, 0.25) is 0 Å². The summed E-state index contributed by atoms with van der Waals surface area (Å²) in [6.45, 7) is 4.80. The van der Waals surface area contributed by atoms with Crippen LogP contribution in [0, 0.1) is 0 Å². The fourth-order valence-corrected chi connectivity index (χ4v) is 4.32. The SMILES string of the molecule is CC(C)c1ccc(NC(=O)CSc2nc(=O)n(CCCO)c3c2CCC3)cc1. The summed E-state index contributed by atoms with van der Waals surface area (Å²) in [6, 6.07) is 7.87. The monoisotopic (exact) mass is 401 g/mol. The highest BCUT2D eigenvalue weighted by Crippen LogP contribution is 2.29. The van der Waals surface area contributed by atoms with E-state index in [9.17, 15) is 9.59 Å². The number of hydrogen-bond donors (Lipinski definition) is 2. The van der Waals surface area contributed by atoms with Gasteiger partial charge in [-0.05, 0) is 49.3 Å². The summed E-state index contributed by atoms with van der Waals surface area (Å²) in [6.07, 6.45) is 3.25. The van der Waals surface area contributed by atoms with Gasteiger partial charge < -0.3 is 10.4 Å². The number of hydrogen-bond acceptors (Lipinski definition) is 5. The van der Waals surface area contributed by atoms with E-state index >= 15 is 0 Å². The Labute approximate surface area is 169 Å². The summed E-state index contributed by atoms with van der Waals surface area (Å²) in [4.78, 5) is 28.9. The van der Waals surface area contributed by atoms with E-state index in [0.717, 1.165) is 36.2 Å². The van der Waals surface area contributed by atoms with Crippen LogP contribution in [0.25, 0.3) is 0 Å². The summed E-state index contributed by atoms with van der Waals surface area (Å²) in [5.41, 5.74) is 3.81. The van der Waals surface area contributed by atoms with Crippen molar-refractivity contribution in [1.29, 1.82) is 0 Å². The molecule has 0 fully saturated rings. The highest BCUT2D eigenvalue weighted by atomic mass is 32.2. The summed E-state index contributed by atoms with van der Waals surface area (Å²) >= 11 is 1.32. The van der Waals surface area contributed by atoms with Gasteiger partial charge in [0.2, 0.25) is 5.91 Å². The van der Waals surface area contributed by atoms with Crippen LogP contribution >= 0.6 is 11.8 Å². The van der Waals surface area contributed by atoms with Gasteiger partial charge in [0, 0.05) is 30.1 Å². The highest BCUT2D eigenvalue weighted by Gasteiger charge is 2.22. The molecule has 28 heavy (non-hydrogen) atoms. The Morgan fingerprint density at radius 2 is 2.04 bits per heavy atom. The first-order valence-corrected chi connectivity index (χ1v) is 10.7. The zero-order chi connectivity index (χ0) is 20.1. The van der Waals surface area contributed by atoms with Crippen molar-refractivity contribution in [2.24, 2.45) is 0 Å². The molecule has 0 aliphatic heterocycles. The lowest BCUT2D eigenvalue weighted by Gasteiger charge is -2.13. The Morgan fingerprint density at radius 3 is 2.71 bits per heavy atom. The first-order chi connectivity index (χ1) is 13.5. The fraction of sp³-hybridized carbons (Fsp3) is 0.476. The van der Waals surface area contributed by atoms with Crippen LogP contribution in [-0.2, 0) is 24.2 Å². The molecular formula is C21H27N3O3S. The molecule has 3 rings (SSSR count). The summed E-state index contributed by atoms with van der Waals surface area (Å²) in [5, 5.41) is 12.6. The zero-order valence-corrected chi connectivity index (χ0v) is 17.2. The van der Waals surface area contributed by atoms with E-state index in [1.54, 1.807) is 4.57 Å². The normalized spacial score (nSPS) is 13.0. The first kappa shape index (κ1) is 20.6. The van der Waals surface area contributed by atoms with Gasteiger partial charge >= 0.3 is 5.69 Å². The van der Waals surface area contributed by atoms with Crippen LogP contribution in [0.1, 0.15) is 49.4 Å². The number of fused-ring (bicyclic) bond motifs is 1. The van der Waals surface area contributed by atoms with Crippen LogP contribution in [0.4, 0.5) is 5.69 Å². The summed E-state index contributed by atoms with van der Waals surface area (Å²) < 4.78 is 1.68. The van der Waals surface area contributed by atoms with Gasteiger partial charge in [-0.25, -0.2) is 4.79 Å². The number of aliphatic hydroxyl groups is 1. The molecule has 1 aromatic heterocycles. The molecule has 0 unspecified atom stereocenters.